The van der Waals surface area contributed by atoms with Crippen LogP contribution in [0.5, 0.6) is 0 Å². The fraction of sp³-hybridized carbons (Fsp3) is 0.609. The Morgan fingerprint density at radius 2 is 0.837 bits per heavy atom. The molecule has 270 valence electrons. The molecule has 0 saturated carbocycles. The standard InChI is InChI=1S/C46H68S3/c1-15-17-19-21-23-25-35-27-36(26-24-22-20-18-16-2)38(45(9,10)11)28-37(35)39-29(3)30(4)40(47-39)41-31(5)32(6)42(48-41)43-33(7)34(8)44(49-43)46(12,13)14/h27-28H,15-26H2,1-14H3. The monoisotopic (exact) mass is 716 g/mol. The zero-order valence-electron chi connectivity index (χ0n) is 33.9. The molecule has 3 heteroatoms. The maximum Gasteiger partial charge on any atom is 0.0484 e. The quantitative estimate of drug-likeness (QED) is 0.107. The third kappa shape index (κ3) is 9.04. The summed E-state index contributed by atoms with van der Waals surface area (Å²) in [6.07, 6.45) is 15.7. The van der Waals surface area contributed by atoms with Crippen LogP contribution in [0.3, 0.4) is 0 Å². The van der Waals surface area contributed by atoms with Crippen LogP contribution in [0.4, 0.5) is 0 Å². The maximum atomic E-state index is 2.66. The molecule has 0 bridgehead atoms. The largest absolute Gasteiger partial charge is 0.138 e. The van der Waals surface area contributed by atoms with Gasteiger partial charge in [0.1, 0.15) is 0 Å². The topological polar surface area (TPSA) is 0 Å². The number of thiophene rings is 3. The second-order valence-corrected chi connectivity index (χ2v) is 20.1. The lowest BCUT2D eigenvalue weighted by Crippen LogP contribution is -2.15. The summed E-state index contributed by atoms with van der Waals surface area (Å²) in [5.74, 6) is 0. The van der Waals surface area contributed by atoms with E-state index in [1.807, 2.05) is 22.7 Å². The molecule has 0 radical (unpaired) electrons. The number of unbranched alkanes of at least 4 members (excludes halogenated alkanes) is 8. The van der Waals surface area contributed by atoms with Crippen molar-refractivity contribution in [1.29, 1.82) is 0 Å². The summed E-state index contributed by atoms with van der Waals surface area (Å²) >= 11 is 6.14. The molecular weight excluding hydrogens is 649 g/mol. The molecule has 0 aliphatic rings. The van der Waals surface area contributed by atoms with Gasteiger partial charge in [-0.05, 0) is 140 Å². The van der Waals surface area contributed by atoms with Gasteiger partial charge >= 0.3 is 0 Å². The molecule has 0 nitrogen and oxygen atoms in total. The van der Waals surface area contributed by atoms with Crippen molar-refractivity contribution in [1.82, 2.24) is 0 Å². The van der Waals surface area contributed by atoms with Crippen molar-refractivity contribution in [3.05, 3.63) is 67.1 Å². The molecule has 0 saturated heterocycles. The van der Waals surface area contributed by atoms with Gasteiger partial charge in [-0.3, -0.25) is 0 Å². The highest BCUT2D eigenvalue weighted by molar-refractivity contribution is 7.27. The van der Waals surface area contributed by atoms with Gasteiger partial charge in [0, 0.05) is 29.3 Å². The van der Waals surface area contributed by atoms with E-state index in [2.05, 4.69) is 120 Å². The Labute approximate surface area is 314 Å². The molecule has 0 spiro atoms. The van der Waals surface area contributed by atoms with E-state index in [0.717, 1.165) is 0 Å². The fourth-order valence-corrected chi connectivity index (χ4v) is 12.0. The number of hydrogen-bond donors (Lipinski definition) is 0. The Hall–Kier alpha value is -1.68. The van der Waals surface area contributed by atoms with Crippen LogP contribution < -0.4 is 0 Å². The van der Waals surface area contributed by atoms with E-state index in [9.17, 15) is 0 Å². The maximum absolute atomic E-state index is 2.66. The Kier molecular flexibility index (Phi) is 13.7. The SMILES string of the molecule is CCCCCCCc1cc(CCCCCCC)c(C(C)(C)C)cc1-c1sc(-c2sc(-c3sc(C(C)(C)C)c(C)c3C)c(C)c2C)c(C)c1C. The smallest absolute Gasteiger partial charge is 0.0484 e. The Balaban J connectivity index is 1.83. The minimum Gasteiger partial charge on any atom is -0.138 e. The van der Waals surface area contributed by atoms with Crippen LogP contribution in [0.25, 0.3) is 29.9 Å². The van der Waals surface area contributed by atoms with Gasteiger partial charge in [-0.1, -0.05) is 113 Å². The van der Waals surface area contributed by atoms with Crippen LogP contribution in [0.15, 0.2) is 12.1 Å². The molecule has 4 rings (SSSR count). The first-order valence-corrected chi connectivity index (χ1v) is 22.0. The first-order valence-electron chi connectivity index (χ1n) is 19.5. The van der Waals surface area contributed by atoms with Crippen molar-refractivity contribution in [2.45, 2.75) is 185 Å². The van der Waals surface area contributed by atoms with Crippen molar-refractivity contribution in [2.75, 3.05) is 0 Å². The summed E-state index contributed by atoms with van der Waals surface area (Å²) in [7, 11) is 0. The highest BCUT2D eigenvalue weighted by Gasteiger charge is 2.28. The second-order valence-electron chi connectivity index (χ2n) is 17.0. The highest BCUT2D eigenvalue weighted by Crippen LogP contribution is 2.52. The van der Waals surface area contributed by atoms with E-state index in [1.165, 1.54) is 145 Å². The van der Waals surface area contributed by atoms with Crippen molar-refractivity contribution in [3.8, 4) is 29.9 Å². The molecule has 49 heavy (non-hydrogen) atoms. The second kappa shape index (κ2) is 16.8. The van der Waals surface area contributed by atoms with E-state index in [4.69, 9.17) is 0 Å². The zero-order valence-corrected chi connectivity index (χ0v) is 36.3. The number of rotatable bonds is 15. The highest BCUT2D eigenvalue weighted by atomic mass is 32.1. The van der Waals surface area contributed by atoms with Gasteiger partial charge in [-0.25, -0.2) is 0 Å². The molecule has 0 unspecified atom stereocenters. The van der Waals surface area contributed by atoms with E-state index >= 15 is 0 Å². The average Bonchev–Trinajstić information content (AvgIpc) is 3.61. The molecule has 0 aliphatic heterocycles. The van der Waals surface area contributed by atoms with Crippen molar-refractivity contribution < 1.29 is 0 Å². The zero-order chi connectivity index (χ0) is 36.3. The van der Waals surface area contributed by atoms with Crippen LogP contribution in [-0.2, 0) is 23.7 Å². The van der Waals surface area contributed by atoms with E-state index in [-0.39, 0.29) is 10.8 Å². The lowest BCUT2D eigenvalue weighted by Gasteiger charge is -2.26. The Bertz CT molecular complexity index is 1700. The van der Waals surface area contributed by atoms with Crippen molar-refractivity contribution in [2.24, 2.45) is 0 Å². The molecule has 0 amide bonds. The van der Waals surface area contributed by atoms with Gasteiger partial charge in [0.25, 0.3) is 0 Å². The van der Waals surface area contributed by atoms with Crippen LogP contribution in [0, 0.1) is 41.5 Å². The number of hydrogen-bond acceptors (Lipinski definition) is 3. The van der Waals surface area contributed by atoms with Crippen LogP contribution in [0.1, 0.15) is 175 Å². The van der Waals surface area contributed by atoms with Crippen LogP contribution in [0.2, 0.25) is 0 Å². The predicted octanol–water partition coefficient (Wildman–Crippen LogP) is 16.3. The summed E-state index contributed by atoms with van der Waals surface area (Å²) in [4.78, 5) is 8.95. The van der Waals surface area contributed by atoms with Gasteiger partial charge in [-0.15, -0.1) is 34.0 Å². The molecule has 3 aromatic heterocycles. The first-order chi connectivity index (χ1) is 23.0. The van der Waals surface area contributed by atoms with Crippen molar-refractivity contribution >= 4 is 34.0 Å². The average molecular weight is 717 g/mol. The minimum atomic E-state index is 0.120. The van der Waals surface area contributed by atoms with E-state index in [0.29, 0.717) is 0 Å². The number of aryl methyl sites for hydroxylation is 2. The van der Waals surface area contributed by atoms with Crippen LogP contribution >= 0.6 is 34.0 Å². The van der Waals surface area contributed by atoms with E-state index in [1.54, 1.807) is 16.7 Å². The lowest BCUT2D eigenvalue weighted by molar-refractivity contribution is 0.573. The minimum absolute atomic E-state index is 0.120. The summed E-state index contributed by atoms with van der Waals surface area (Å²) in [5, 5.41) is 0. The van der Waals surface area contributed by atoms with Gasteiger partial charge in [0.2, 0.25) is 0 Å². The van der Waals surface area contributed by atoms with Gasteiger partial charge in [-0.2, -0.15) is 0 Å². The molecule has 0 atom stereocenters. The summed E-state index contributed by atoms with van der Waals surface area (Å²) in [5.41, 5.74) is 15.4. The van der Waals surface area contributed by atoms with Gasteiger partial charge in [0.05, 0.1) is 0 Å². The summed E-state index contributed by atoms with van der Waals surface area (Å²) in [6.45, 7) is 33.2. The van der Waals surface area contributed by atoms with Gasteiger partial charge < -0.3 is 0 Å². The predicted molar refractivity (Wildman–Crippen MR) is 227 cm³/mol. The summed E-state index contributed by atoms with van der Waals surface area (Å²) in [6, 6.07) is 5.31. The molecule has 3 heterocycles. The molecule has 1 aromatic carbocycles. The molecule has 4 aromatic rings. The third-order valence-corrected chi connectivity index (χ3v) is 15.9. The molecule has 0 N–H and O–H groups in total. The Morgan fingerprint density at radius 1 is 0.429 bits per heavy atom. The molecule has 0 fully saturated rings. The fourth-order valence-electron chi connectivity index (χ4n) is 7.48. The van der Waals surface area contributed by atoms with E-state index < -0.39 is 0 Å². The third-order valence-electron chi connectivity index (χ3n) is 10.9. The molecule has 0 aliphatic carbocycles. The lowest BCUT2D eigenvalue weighted by atomic mass is 9.79. The normalized spacial score (nSPS) is 12.4. The molecular formula is C46H68S3. The summed E-state index contributed by atoms with van der Waals surface area (Å²) < 4.78 is 0. The Morgan fingerprint density at radius 3 is 1.29 bits per heavy atom. The van der Waals surface area contributed by atoms with Crippen LogP contribution in [-0.4, -0.2) is 0 Å². The van der Waals surface area contributed by atoms with Crippen molar-refractivity contribution in [3.63, 3.8) is 0 Å². The number of benzene rings is 1. The van der Waals surface area contributed by atoms with Gasteiger partial charge in [0.15, 0.2) is 0 Å². The first kappa shape index (κ1) is 40.1.